The number of nitrogens with one attached hydrogen (secondary N) is 1. The van der Waals surface area contributed by atoms with Crippen LogP contribution in [-0.4, -0.2) is 35.9 Å². The molecule has 0 heterocycles. The fourth-order valence-electron chi connectivity index (χ4n) is 4.47. The van der Waals surface area contributed by atoms with Gasteiger partial charge in [0, 0.05) is 30.7 Å². The number of carbonyl (C=O) groups is 2. The zero-order valence-corrected chi connectivity index (χ0v) is 21.0. The second-order valence-corrected chi connectivity index (χ2v) is 10.6. The van der Waals surface area contributed by atoms with Crippen LogP contribution in [-0.2, 0) is 22.6 Å². The summed E-state index contributed by atoms with van der Waals surface area (Å²) in [7, 11) is 1.62. The molecule has 6 heteroatoms. The Morgan fingerprint density at radius 1 is 1.03 bits per heavy atom. The van der Waals surface area contributed by atoms with E-state index in [1.807, 2.05) is 53.4 Å². The maximum Gasteiger partial charge on any atom is 0.228 e. The second kappa shape index (κ2) is 11.5. The average Bonchev–Trinajstić information content (AvgIpc) is 2.78. The van der Waals surface area contributed by atoms with E-state index in [0.29, 0.717) is 13.0 Å². The Morgan fingerprint density at radius 3 is 2.32 bits per heavy atom. The Labute approximate surface area is 203 Å². The van der Waals surface area contributed by atoms with E-state index in [4.69, 9.17) is 10.5 Å². The Balaban J connectivity index is 1.68. The first-order valence-electron chi connectivity index (χ1n) is 12.2. The first-order chi connectivity index (χ1) is 16.1. The third kappa shape index (κ3) is 7.87. The van der Waals surface area contributed by atoms with Gasteiger partial charge in [0.2, 0.25) is 11.8 Å². The van der Waals surface area contributed by atoms with Gasteiger partial charge in [0.25, 0.3) is 0 Å². The maximum absolute atomic E-state index is 13.3. The van der Waals surface area contributed by atoms with E-state index >= 15 is 0 Å². The Hall–Kier alpha value is -2.86. The van der Waals surface area contributed by atoms with Crippen LogP contribution in [0.25, 0.3) is 0 Å². The van der Waals surface area contributed by atoms with E-state index in [0.717, 1.165) is 48.2 Å². The highest BCUT2D eigenvalue weighted by molar-refractivity contribution is 5.92. The quantitative estimate of drug-likeness (QED) is 0.580. The summed E-state index contributed by atoms with van der Waals surface area (Å²) in [5.41, 5.74) is 8.72. The Bertz CT molecular complexity index is 958. The third-order valence-electron chi connectivity index (χ3n) is 6.27. The summed E-state index contributed by atoms with van der Waals surface area (Å²) in [6.07, 6.45) is 4.57. The second-order valence-electron chi connectivity index (χ2n) is 10.6. The number of ether oxygens (including phenoxy) is 1. The van der Waals surface area contributed by atoms with Gasteiger partial charge >= 0.3 is 0 Å². The molecule has 0 unspecified atom stereocenters. The molecule has 6 nitrogen and oxygen atoms in total. The summed E-state index contributed by atoms with van der Waals surface area (Å²) in [5.74, 6) is 0.869. The lowest BCUT2D eigenvalue weighted by molar-refractivity contribution is -0.137. The minimum atomic E-state index is -0.0794. The number of carbonyl (C=O) groups excluding carboxylic acids is 2. The van der Waals surface area contributed by atoms with Gasteiger partial charge in [0.1, 0.15) is 5.75 Å². The molecular formula is C28H39N3O3. The number of benzene rings is 2. The van der Waals surface area contributed by atoms with Crippen molar-refractivity contribution in [3.63, 3.8) is 0 Å². The van der Waals surface area contributed by atoms with Crippen LogP contribution in [0.5, 0.6) is 5.75 Å². The van der Waals surface area contributed by atoms with E-state index in [2.05, 4.69) is 26.1 Å². The summed E-state index contributed by atoms with van der Waals surface area (Å²) >= 11 is 0. The number of anilines is 1. The molecule has 184 valence electrons. The van der Waals surface area contributed by atoms with Crippen molar-refractivity contribution in [2.75, 3.05) is 12.4 Å². The van der Waals surface area contributed by atoms with Crippen LogP contribution in [0.4, 0.5) is 5.69 Å². The van der Waals surface area contributed by atoms with Gasteiger partial charge in [-0.2, -0.15) is 0 Å². The zero-order chi connectivity index (χ0) is 24.7. The summed E-state index contributed by atoms with van der Waals surface area (Å²) in [5, 5.41) is 3.00. The highest BCUT2D eigenvalue weighted by Gasteiger charge is 2.30. The number of rotatable bonds is 8. The van der Waals surface area contributed by atoms with Crippen molar-refractivity contribution in [3.8, 4) is 5.75 Å². The van der Waals surface area contributed by atoms with E-state index < -0.39 is 0 Å². The van der Waals surface area contributed by atoms with Gasteiger partial charge in [0.15, 0.2) is 0 Å². The predicted octanol–water partition coefficient (Wildman–Crippen LogP) is 4.91. The molecule has 1 aliphatic rings. The largest absolute Gasteiger partial charge is 0.497 e. The molecule has 2 amide bonds. The topological polar surface area (TPSA) is 84.7 Å². The van der Waals surface area contributed by atoms with Crippen LogP contribution < -0.4 is 15.8 Å². The molecule has 34 heavy (non-hydrogen) atoms. The van der Waals surface area contributed by atoms with E-state index in [1.54, 1.807) is 7.11 Å². The van der Waals surface area contributed by atoms with Crippen LogP contribution in [0.1, 0.15) is 64.0 Å². The van der Waals surface area contributed by atoms with E-state index in [1.165, 1.54) is 0 Å². The van der Waals surface area contributed by atoms with Crippen molar-refractivity contribution in [2.24, 2.45) is 11.1 Å². The van der Waals surface area contributed by atoms with Crippen LogP contribution in [0, 0.1) is 5.41 Å². The lowest BCUT2D eigenvalue weighted by Crippen LogP contribution is -2.44. The van der Waals surface area contributed by atoms with Crippen molar-refractivity contribution in [2.45, 2.75) is 77.9 Å². The molecule has 1 saturated carbocycles. The number of nitrogens with zero attached hydrogens (tertiary/aromatic N) is 1. The molecule has 3 N–H and O–H groups in total. The molecule has 0 aliphatic heterocycles. The smallest absolute Gasteiger partial charge is 0.228 e. The van der Waals surface area contributed by atoms with Gasteiger partial charge in [0.05, 0.1) is 13.5 Å². The highest BCUT2D eigenvalue weighted by Crippen LogP contribution is 2.28. The Morgan fingerprint density at radius 2 is 1.71 bits per heavy atom. The molecule has 0 bridgehead atoms. The van der Waals surface area contributed by atoms with Crippen molar-refractivity contribution in [3.05, 3.63) is 59.7 Å². The molecule has 2 aromatic rings. The van der Waals surface area contributed by atoms with Gasteiger partial charge in [-0.1, -0.05) is 45.0 Å². The summed E-state index contributed by atoms with van der Waals surface area (Å²) < 4.78 is 5.17. The molecule has 0 atom stereocenters. The van der Waals surface area contributed by atoms with Gasteiger partial charge in [-0.25, -0.2) is 0 Å². The molecule has 0 spiro atoms. The number of nitrogens with two attached hydrogens (primary N) is 1. The molecule has 1 fully saturated rings. The average molecular weight is 466 g/mol. The van der Waals surface area contributed by atoms with Crippen LogP contribution in [0.3, 0.4) is 0 Å². The lowest BCUT2D eigenvalue weighted by atomic mass is 9.88. The summed E-state index contributed by atoms with van der Waals surface area (Å²) in [4.78, 5) is 27.9. The molecule has 2 aromatic carbocycles. The van der Waals surface area contributed by atoms with Crippen LogP contribution in [0.15, 0.2) is 48.5 Å². The molecule has 0 aromatic heterocycles. The minimum Gasteiger partial charge on any atom is -0.497 e. The van der Waals surface area contributed by atoms with Gasteiger partial charge in [-0.3, -0.25) is 9.59 Å². The lowest BCUT2D eigenvalue weighted by Gasteiger charge is -2.37. The molecule has 3 rings (SSSR count). The highest BCUT2D eigenvalue weighted by atomic mass is 16.5. The first-order valence-corrected chi connectivity index (χ1v) is 12.2. The maximum atomic E-state index is 13.3. The number of hydrogen-bond acceptors (Lipinski definition) is 4. The first kappa shape index (κ1) is 25.8. The number of methoxy groups -OCH3 is 1. The van der Waals surface area contributed by atoms with Gasteiger partial charge in [-0.05, 0) is 66.5 Å². The summed E-state index contributed by atoms with van der Waals surface area (Å²) in [6.45, 7) is 6.83. The van der Waals surface area contributed by atoms with Crippen molar-refractivity contribution < 1.29 is 14.3 Å². The number of amides is 2. The predicted molar refractivity (Wildman–Crippen MR) is 137 cm³/mol. The Kier molecular flexibility index (Phi) is 8.72. The SMILES string of the molecule is COc1ccc(CC(=O)Nc2cccc(CN(C(=O)CC(C)(C)C)C3CCC(N)CC3)c2)cc1. The van der Waals surface area contributed by atoms with Crippen molar-refractivity contribution in [1.82, 2.24) is 4.90 Å². The van der Waals surface area contributed by atoms with Crippen molar-refractivity contribution >= 4 is 17.5 Å². The molecule has 0 radical (unpaired) electrons. The number of hydrogen-bond donors (Lipinski definition) is 2. The normalized spacial score (nSPS) is 18.3. The third-order valence-corrected chi connectivity index (χ3v) is 6.27. The minimum absolute atomic E-state index is 0.0717. The van der Waals surface area contributed by atoms with Crippen molar-refractivity contribution in [1.29, 1.82) is 0 Å². The van der Waals surface area contributed by atoms with E-state index in [9.17, 15) is 9.59 Å². The summed E-state index contributed by atoms with van der Waals surface area (Å²) in [6, 6.07) is 15.7. The zero-order valence-electron chi connectivity index (χ0n) is 21.0. The standard InChI is InChI=1S/C28H39N3O3/c1-28(2,3)18-27(33)31(24-12-10-22(29)11-13-24)19-21-6-5-7-23(16-21)30-26(32)17-20-8-14-25(34-4)15-9-20/h5-9,14-16,22,24H,10-13,17-19,29H2,1-4H3,(H,30,32). The monoisotopic (exact) mass is 465 g/mol. The molecule has 0 saturated heterocycles. The fraction of sp³-hybridized carbons (Fsp3) is 0.500. The fourth-order valence-corrected chi connectivity index (χ4v) is 4.47. The molecule has 1 aliphatic carbocycles. The van der Waals surface area contributed by atoms with Crippen LogP contribution >= 0.6 is 0 Å². The van der Waals surface area contributed by atoms with Gasteiger partial charge in [-0.15, -0.1) is 0 Å². The molecular weight excluding hydrogens is 426 g/mol. The van der Waals surface area contributed by atoms with Gasteiger partial charge < -0.3 is 20.7 Å². The van der Waals surface area contributed by atoms with Crippen LogP contribution in [0.2, 0.25) is 0 Å². The van der Waals surface area contributed by atoms with E-state index in [-0.39, 0.29) is 35.7 Å².